The smallest absolute Gasteiger partial charge is 0.472 e. The quantitative estimate of drug-likeness (QED) is 0.0667. The van der Waals surface area contributed by atoms with Crippen LogP contribution in [0.15, 0.2) is 53.5 Å². The van der Waals surface area contributed by atoms with Crippen LogP contribution in [0.1, 0.15) is 24.9 Å². The zero-order valence-electron chi connectivity index (χ0n) is 44.7. The number of aliphatic hydroxyl groups is 2. The van der Waals surface area contributed by atoms with Gasteiger partial charge in [-0.2, -0.15) is 9.97 Å². The van der Waals surface area contributed by atoms with Gasteiger partial charge in [-0.25, -0.2) is 52.8 Å². The molecule has 0 aliphatic carbocycles. The number of rotatable bonds is 4. The van der Waals surface area contributed by atoms with Crippen molar-refractivity contribution in [1.29, 1.82) is 0 Å². The Morgan fingerprint density at radius 2 is 1.00 bits per heavy atom. The number of nitrogens with two attached hydrogens (primary N) is 4. The van der Waals surface area contributed by atoms with Crippen molar-refractivity contribution < 1.29 is 103 Å². The molecule has 6 aliphatic heterocycles. The lowest BCUT2D eigenvalue weighted by atomic mass is 10.1. The van der Waals surface area contributed by atoms with E-state index in [1.807, 2.05) is 0 Å². The predicted octanol–water partition coefficient (Wildman–Crippen LogP) is -2.08. The standard InChI is InChI=1S/C21H24FN9O11P2S.C20H23FN10O11P2S/c22-10-14-9(40-19(10)30-5-26-11-7(23)1-2-25-16(11)30)4-38-44(36,45)42-15-13(32)8(3-37-43(34,35)41-14)39-20(15)31-6-27-12-17(31)28-21(24)29-18(12)33;21-8-12-7(40-18(8)30-4-26-9-14(22)24-3-25-15(9)30)2-38-44(36,45)42-13-11(32)6(1-37-43(34,35)41-12)39-19(13)31-5-27-10-16(31)28-20(23)29-17(10)33/h1-2,5-6,8-10,13-15,19-20,32H,3-4H2,(H2,23,25)(H,34,35)(H,36,45)(H3,24,28,29,33);3-8,11-13,18-19,32H,1-2H2,(H,34,35)(H,36,45)(H2,22,24,25)(H3,23,28,29,33)/p-2/t8-,9-,10?,13?,14+,15+,19-,20-,44?;6-,7-,8?,11?,12+,13+,18-,19-,44?/m11/s1. The molecule has 8 aromatic rings. The Labute approximate surface area is 507 Å². The van der Waals surface area contributed by atoms with E-state index >= 15 is 8.78 Å². The van der Waals surface area contributed by atoms with Crippen molar-refractivity contribution in [2.45, 2.75) is 98.3 Å². The van der Waals surface area contributed by atoms with Gasteiger partial charge in [-0.1, -0.05) is 11.8 Å². The van der Waals surface area contributed by atoms with Gasteiger partial charge in [0.25, 0.3) is 11.1 Å². The molecule has 41 nitrogen and oxygen atoms in total. The molecule has 484 valence electrons. The molecule has 8 aromatic heterocycles. The second-order valence-electron chi connectivity index (χ2n) is 20.3. The number of imidazole rings is 4. The van der Waals surface area contributed by atoms with E-state index in [2.05, 4.69) is 54.8 Å². The van der Waals surface area contributed by atoms with Crippen LogP contribution in [-0.4, -0.2) is 193 Å². The number of aliphatic hydroxyl groups excluding tert-OH is 2. The summed E-state index contributed by atoms with van der Waals surface area (Å²) in [5.41, 5.74) is 22.1. The van der Waals surface area contributed by atoms with Gasteiger partial charge >= 0.3 is 15.6 Å². The fourth-order valence-electron chi connectivity index (χ4n) is 10.6. The minimum absolute atomic E-state index is 0.0128. The topological polar surface area (TPSA) is 571 Å². The van der Waals surface area contributed by atoms with Gasteiger partial charge in [-0.15, -0.1) is 0 Å². The van der Waals surface area contributed by atoms with Crippen LogP contribution in [0.4, 0.5) is 32.2 Å². The second-order valence-corrected chi connectivity index (χ2v) is 28.5. The zero-order valence-corrected chi connectivity index (χ0v) is 49.9. The third-order valence-corrected chi connectivity index (χ3v) is 19.7. The number of phosphoric acid groups is 2. The van der Waals surface area contributed by atoms with E-state index < -0.39 is 165 Å². The van der Waals surface area contributed by atoms with E-state index in [0.717, 1.165) is 28.1 Å². The Bertz CT molecular complexity index is 4160. The van der Waals surface area contributed by atoms with E-state index in [1.54, 1.807) is 0 Å². The Morgan fingerprint density at radius 1 is 0.567 bits per heavy atom. The predicted molar refractivity (Wildman–Crippen MR) is 296 cm³/mol. The first-order valence-corrected chi connectivity index (χ1v) is 34.0. The number of hydrogen-bond donors (Lipinski definition) is 10. The van der Waals surface area contributed by atoms with Gasteiger partial charge < -0.3 is 97.1 Å². The van der Waals surface area contributed by atoms with Crippen molar-refractivity contribution in [3.05, 3.63) is 64.6 Å². The summed E-state index contributed by atoms with van der Waals surface area (Å²) in [5, 5.41) is 22.1. The number of pyridine rings is 1. The molecule has 4 bridgehead atoms. The molecule has 14 N–H and O–H groups in total. The number of hydrogen-bond acceptors (Lipinski definition) is 35. The van der Waals surface area contributed by atoms with Gasteiger partial charge in [0.05, 0.1) is 57.4 Å². The van der Waals surface area contributed by atoms with Crippen LogP contribution in [0.3, 0.4) is 0 Å². The Hall–Kier alpha value is -6.06. The van der Waals surface area contributed by atoms with Crippen molar-refractivity contribution in [3.8, 4) is 0 Å². The highest BCUT2D eigenvalue weighted by Gasteiger charge is 2.56. The number of H-pyrrole nitrogens is 2. The molecule has 14 rings (SSSR count). The van der Waals surface area contributed by atoms with Crippen LogP contribution in [0.5, 0.6) is 0 Å². The maximum Gasteiger partial charge on any atom is 0.472 e. The molecule has 0 aromatic carbocycles. The molecule has 0 radical (unpaired) electrons. The van der Waals surface area contributed by atoms with Gasteiger partial charge in [0.1, 0.15) is 85.1 Å². The van der Waals surface area contributed by atoms with Crippen molar-refractivity contribution in [2.24, 2.45) is 0 Å². The number of anilines is 4. The summed E-state index contributed by atoms with van der Waals surface area (Å²) >= 11 is 10.1. The molecule has 0 amide bonds. The highest BCUT2D eigenvalue weighted by atomic mass is 32.7. The summed E-state index contributed by atoms with van der Waals surface area (Å²) in [6.45, 7) is -12.3. The average molecular weight is 1380 g/mol. The van der Waals surface area contributed by atoms with Crippen molar-refractivity contribution >= 4 is 121 Å². The zero-order chi connectivity index (χ0) is 63.7. The largest absolute Gasteiger partial charge is 0.780 e. The molecular formula is C41H45F2N19O22P4S2-2. The van der Waals surface area contributed by atoms with Crippen molar-refractivity contribution in [3.63, 3.8) is 0 Å². The maximum absolute atomic E-state index is 15.9. The van der Waals surface area contributed by atoms with E-state index in [1.165, 1.54) is 34.1 Å². The third kappa shape index (κ3) is 11.7. The maximum atomic E-state index is 15.9. The number of aromatic amines is 2. The fourth-order valence-corrected chi connectivity index (χ4v) is 15.3. The highest BCUT2D eigenvalue weighted by Crippen LogP contribution is 2.56. The van der Waals surface area contributed by atoms with Crippen LogP contribution in [0.2, 0.25) is 0 Å². The molecule has 6 saturated heterocycles. The number of nitrogens with one attached hydrogen (secondary N) is 2. The molecule has 0 saturated carbocycles. The van der Waals surface area contributed by atoms with Crippen molar-refractivity contribution in [1.82, 2.24) is 73.1 Å². The first-order valence-electron chi connectivity index (χ1n) is 25.9. The average Bonchev–Trinajstić information content (AvgIpc) is 1.81. The molecule has 49 heteroatoms. The molecule has 20 atom stereocenters. The summed E-state index contributed by atoms with van der Waals surface area (Å²) in [6, 6.07) is 1.49. The van der Waals surface area contributed by atoms with Gasteiger partial charge in [0.2, 0.25) is 18.7 Å². The number of halogens is 2. The molecule has 90 heavy (non-hydrogen) atoms. The van der Waals surface area contributed by atoms with Crippen LogP contribution in [-0.2, 0) is 92.9 Å². The number of nitrogen functional groups attached to an aromatic ring is 4. The monoisotopic (exact) mass is 1380 g/mol. The van der Waals surface area contributed by atoms with E-state index in [-0.39, 0.29) is 68.1 Å². The number of phosphoric ester groups is 2. The second kappa shape index (κ2) is 23.5. The number of alkyl halides is 2. The molecule has 0 spiro atoms. The SMILES string of the molecule is Nc1nc2c(ncn2[C@@H]2O[C@@H]3COP(=O)(O)O[C@@H]4C(F)[C@H](n5cnc6c(N)ccnc65)O[C@@H]4COP([O-])(=S)O[C@H]2C3O)c(=O)[nH]1.Nc1nc2c(ncn2[C@@H]2O[C@@H]3COP(=O)(O)O[C@@H]4C(F)[C@H](n5cnc6c(N)ncnc65)O[C@@H]4COP(=O)([S-])O[C@H]2C3O)c(=O)[nH]1. The summed E-state index contributed by atoms with van der Waals surface area (Å²) in [4.78, 5) is 99.9. The fraction of sp³-hybridized carbons (Fsp3) is 0.488. The molecule has 6 fully saturated rings. The molecular weight excluding hydrogens is 1340 g/mol. The van der Waals surface area contributed by atoms with Gasteiger partial charge in [-0.05, 0) is 6.07 Å². The Morgan fingerprint density at radius 3 is 1.52 bits per heavy atom. The third-order valence-electron chi connectivity index (χ3n) is 14.6. The minimum Gasteiger partial charge on any atom is -0.780 e. The van der Waals surface area contributed by atoms with Crippen LogP contribution >= 0.6 is 29.2 Å². The highest BCUT2D eigenvalue weighted by molar-refractivity contribution is 8.32. The first-order chi connectivity index (χ1) is 42.6. The van der Waals surface area contributed by atoms with Crippen LogP contribution < -0.4 is 38.9 Å². The van der Waals surface area contributed by atoms with Gasteiger partial charge in [-0.3, -0.25) is 60.5 Å². The molecule has 8 unspecified atom stereocenters. The minimum atomic E-state index is -5.11. The Kier molecular flexibility index (Phi) is 16.4. The lowest BCUT2D eigenvalue weighted by Gasteiger charge is -2.34. The number of fused-ring (bicyclic) bond motifs is 10. The number of nitrogens with zero attached hydrogens (tertiary/aromatic N) is 13. The van der Waals surface area contributed by atoms with Crippen LogP contribution in [0.25, 0.3) is 44.7 Å². The van der Waals surface area contributed by atoms with Crippen molar-refractivity contribution in [2.75, 3.05) is 49.4 Å². The Balaban J connectivity index is 0.000000165. The molecule has 14 heterocycles. The van der Waals surface area contributed by atoms with E-state index in [0.29, 0.717) is 0 Å². The lowest BCUT2D eigenvalue weighted by molar-refractivity contribution is -0.218. The number of aromatic nitrogens is 15. The number of ether oxygens (including phenoxy) is 4. The summed E-state index contributed by atoms with van der Waals surface area (Å²) in [6.07, 6.45) is -19.1. The summed E-state index contributed by atoms with van der Waals surface area (Å²) in [5.74, 6) is -0.515. The van der Waals surface area contributed by atoms with E-state index in [4.69, 9.17) is 102 Å². The molecule has 6 aliphatic rings. The summed E-state index contributed by atoms with van der Waals surface area (Å²) < 4.78 is 142. The first kappa shape index (κ1) is 62.7. The van der Waals surface area contributed by atoms with Crippen LogP contribution in [0, 0.1) is 0 Å². The van der Waals surface area contributed by atoms with Gasteiger partial charge in [0.15, 0.2) is 76.7 Å². The normalized spacial score (nSPS) is 37.7. The summed E-state index contributed by atoms with van der Waals surface area (Å²) in [7, 11) is -10.2. The van der Waals surface area contributed by atoms with Gasteiger partial charge in [0, 0.05) is 6.20 Å². The van der Waals surface area contributed by atoms with E-state index in [9.17, 15) is 48.2 Å². The lowest BCUT2D eigenvalue weighted by Crippen LogP contribution is -2.36.